The maximum absolute atomic E-state index is 6.58. The van der Waals surface area contributed by atoms with Gasteiger partial charge in [0, 0.05) is 19.0 Å². The third-order valence-corrected chi connectivity index (χ3v) is 5.32. The van der Waals surface area contributed by atoms with Gasteiger partial charge in [0.25, 0.3) is 0 Å². The molecule has 1 aromatic heterocycles. The molecule has 114 valence electrons. The molecule has 3 nitrogen and oxygen atoms in total. The van der Waals surface area contributed by atoms with E-state index < -0.39 is 0 Å². The summed E-state index contributed by atoms with van der Waals surface area (Å²) in [6, 6.07) is 8.60. The highest BCUT2D eigenvalue weighted by atomic mass is 15.1. The Labute approximate surface area is 127 Å². The van der Waals surface area contributed by atoms with Crippen LogP contribution in [0.1, 0.15) is 45.9 Å². The summed E-state index contributed by atoms with van der Waals surface area (Å²) in [5.74, 6) is 1.76. The summed E-state index contributed by atoms with van der Waals surface area (Å²) < 4.78 is 2.32. The number of fused-ring (bicyclic) bond motifs is 1. The van der Waals surface area contributed by atoms with Gasteiger partial charge in [-0.15, -0.1) is 0 Å². The number of rotatable bonds is 4. The van der Waals surface area contributed by atoms with Gasteiger partial charge in [0.1, 0.15) is 5.82 Å². The fraction of sp³-hybridized carbons (Fsp3) is 0.611. The second-order valence-electron chi connectivity index (χ2n) is 7.12. The van der Waals surface area contributed by atoms with Crippen molar-refractivity contribution in [3.8, 4) is 0 Å². The lowest BCUT2D eigenvalue weighted by Crippen LogP contribution is -2.38. The molecule has 1 heterocycles. The van der Waals surface area contributed by atoms with Crippen molar-refractivity contribution in [3.63, 3.8) is 0 Å². The summed E-state index contributed by atoms with van der Waals surface area (Å²) in [6.45, 7) is 7.87. The second-order valence-corrected chi connectivity index (χ2v) is 7.12. The SMILES string of the molecule is CCn1c(CC(N)C2CCCC2(C)C)nc2ccccc21. The van der Waals surface area contributed by atoms with Gasteiger partial charge in [0.15, 0.2) is 0 Å². The zero-order valence-electron chi connectivity index (χ0n) is 13.5. The number of hydrogen-bond acceptors (Lipinski definition) is 2. The molecule has 0 radical (unpaired) electrons. The number of nitrogens with zero attached hydrogens (tertiary/aromatic N) is 2. The maximum Gasteiger partial charge on any atom is 0.111 e. The minimum absolute atomic E-state index is 0.213. The summed E-state index contributed by atoms with van der Waals surface area (Å²) in [6.07, 6.45) is 4.77. The van der Waals surface area contributed by atoms with Crippen molar-refractivity contribution in [1.82, 2.24) is 9.55 Å². The van der Waals surface area contributed by atoms with Crippen LogP contribution in [0.2, 0.25) is 0 Å². The van der Waals surface area contributed by atoms with E-state index in [2.05, 4.69) is 49.6 Å². The van der Waals surface area contributed by atoms with Crippen LogP contribution < -0.4 is 5.73 Å². The summed E-state index contributed by atoms with van der Waals surface area (Å²) >= 11 is 0. The van der Waals surface area contributed by atoms with Crippen molar-refractivity contribution in [2.45, 2.75) is 59.0 Å². The van der Waals surface area contributed by atoms with Gasteiger partial charge in [0.2, 0.25) is 0 Å². The Morgan fingerprint density at radius 2 is 2.14 bits per heavy atom. The van der Waals surface area contributed by atoms with Gasteiger partial charge in [-0.05, 0) is 43.2 Å². The number of aromatic nitrogens is 2. The molecule has 0 amide bonds. The summed E-state index contributed by atoms with van der Waals surface area (Å²) in [5.41, 5.74) is 9.28. The lowest BCUT2D eigenvalue weighted by molar-refractivity contribution is 0.218. The number of benzene rings is 1. The van der Waals surface area contributed by atoms with E-state index in [0.29, 0.717) is 11.3 Å². The number of imidazole rings is 1. The maximum atomic E-state index is 6.58. The topological polar surface area (TPSA) is 43.8 Å². The van der Waals surface area contributed by atoms with Gasteiger partial charge in [-0.3, -0.25) is 0 Å². The molecule has 2 aromatic rings. The molecule has 1 aromatic carbocycles. The third kappa shape index (κ3) is 2.59. The average molecular weight is 285 g/mol. The van der Waals surface area contributed by atoms with Crippen LogP contribution in [0.3, 0.4) is 0 Å². The molecule has 2 unspecified atom stereocenters. The minimum Gasteiger partial charge on any atom is -0.328 e. The fourth-order valence-electron chi connectivity index (χ4n) is 4.13. The van der Waals surface area contributed by atoms with Crippen molar-refractivity contribution in [2.75, 3.05) is 0 Å². The van der Waals surface area contributed by atoms with Gasteiger partial charge in [-0.25, -0.2) is 4.98 Å². The Kier molecular flexibility index (Phi) is 3.78. The largest absolute Gasteiger partial charge is 0.328 e. The predicted octanol–water partition coefficient (Wildman–Crippen LogP) is 3.75. The molecule has 21 heavy (non-hydrogen) atoms. The number of aryl methyl sites for hydroxylation is 1. The van der Waals surface area contributed by atoms with E-state index in [1.807, 2.05) is 0 Å². The number of hydrogen-bond donors (Lipinski definition) is 1. The van der Waals surface area contributed by atoms with Crippen molar-refractivity contribution >= 4 is 11.0 Å². The van der Waals surface area contributed by atoms with Crippen LogP contribution in [0.5, 0.6) is 0 Å². The zero-order valence-corrected chi connectivity index (χ0v) is 13.5. The van der Waals surface area contributed by atoms with Crippen molar-refractivity contribution in [2.24, 2.45) is 17.1 Å². The molecular weight excluding hydrogens is 258 g/mol. The molecule has 1 aliphatic rings. The average Bonchev–Trinajstić information content (AvgIpc) is 2.97. The van der Waals surface area contributed by atoms with Crippen LogP contribution in [0.4, 0.5) is 0 Å². The van der Waals surface area contributed by atoms with Crippen LogP contribution in [-0.2, 0) is 13.0 Å². The predicted molar refractivity (Wildman–Crippen MR) is 88.2 cm³/mol. The smallest absolute Gasteiger partial charge is 0.111 e. The van der Waals surface area contributed by atoms with Crippen molar-refractivity contribution < 1.29 is 0 Å². The van der Waals surface area contributed by atoms with Gasteiger partial charge in [-0.1, -0.05) is 32.4 Å². The molecule has 0 saturated heterocycles. The highest BCUT2D eigenvalue weighted by Gasteiger charge is 2.38. The molecule has 1 fully saturated rings. The van der Waals surface area contributed by atoms with Crippen LogP contribution in [-0.4, -0.2) is 15.6 Å². The second kappa shape index (κ2) is 5.45. The first-order valence-corrected chi connectivity index (χ1v) is 8.22. The Morgan fingerprint density at radius 3 is 2.81 bits per heavy atom. The van der Waals surface area contributed by atoms with E-state index in [1.165, 1.54) is 24.8 Å². The van der Waals surface area contributed by atoms with Gasteiger partial charge in [-0.2, -0.15) is 0 Å². The molecule has 1 aliphatic carbocycles. The molecular formula is C18H27N3. The molecule has 2 N–H and O–H groups in total. The molecule has 0 spiro atoms. The first-order chi connectivity index (χ1) is 10.0. The normalized spacial score (nSPS) is 22.8. The van der Waals surface area contributed by atoms with E-state index >= 15 is 0 Å². The number of para-hydroxylation sites is 2. The van der Waals surface area contributed by atoms with E-state index in [-0.39, 0.29) is 6.04 Å². The van der Waals surface area contributed by atoms with E-state index in [0.717, 1.165) is 24.3 Å². The fourth-order valence-corrected chi connectivity index (χ4v) is 4.13. The summed E-state index contributed by atoms with van der Waals surface area (Å²) in [7, 11) is 0. The zero-order chi connectivity index (χ0) is 15.0. The van der Waals surface area contributed by atoms with Crippen LogP contribution in [0, 0.1) is 11.3 Å². The quantitative estimate of drug-likeness (QED) is 0.929. The van der Waals surface area contributed by atoms with Crippen LogP contribution in [0.25, 0.3) is 11.0 Å². The van der Waals surface area contributed by atoms with E-state index in [4.69, 9.17) is 10.7 Å². The lowest BCUT2D eigenvalue weighted by Gasteiger charge is -2.32. The Balaban J connectivity index is 1.87. The van der Waals surface area contributed by atoms with Crippen LogP contribution in [0.15, 0.2) is 24.3 Å². The minimum atomic E-state index is 0.213. The third-order valence-electron chi connectivity index (χ3n) is 5.32. The number of nitrogens with two attached hydrogens (primary N) is 1. The molecule has 1 saturated carbocycles. The Morgan fingerprint density at radius 1 is 1.38 bits per heavy atom. The van der Waals surface area contributed by atoms with Crippen molar-refractivity contribution in [1.29, 1.82) is 0 Å². The van der Waals surface area contributed by atoms with Gasteiger partial charge >= 0.3 is 0 Å². The highest BCUT2D eigenvalue weighted by Crippen LogP contribution is 2.44. The summed E-state index contributed by atoms with van der Waals surface area (Å²) in [4.78, 5) is 4.83. The Hall–Kier alpha value is -1.35. The summed E-state index contributed by atoms with van der Waals surface area (Å²) in [5, 5.41) is 0. The molecule has 3 heteroatoms. The van der Waals surface area contributed by atoms with Gasteiger partial charge in [0.05, 0.1) is 11.0 Å². The molecule has 0 aliphatic heterocycles. The highest BCUT2D eigenvalue weighted by molar-refractivity contribution is 5.75. The molecule has 2 atom stereocenters. The first kappa shape index (κ1) is 14.6. The first-order valence-electron chi connectivity index (χ1n) is 8.22. The molecule has 0 bridgehead atoms. The lowest BCUT2D eigenvalue weighted by atomic mass is 9.77. The molecule has 3 rings (SSSR count). The Bertz CT molecular complexity index is 626. The standard InChI is InChI=1S/C18H27N3/c1-4-21-16-10-6-5-9-15(16)20-17(21)12-14(19)13-8-7-11-18(13,2)3/h5-6,9-10,13-14H,4,7-8,11-12,19H2,1-3H3. The monoisotopic (exact) mass is 285 g/mol. The van der Waals surface area contributed by atoms with Gasteiger partial charge < -0.3 is 10.3 Å². The van der Waals surface area contributed by atoms with Crippen LogP contribution >= 0.6 is 0 Å². The van der Waals surface area contributed by atoms with E-state index in [1.54, 1.807) is 0 Å². The van der Waals surface area contributed by atoms with E-state index in [9.17, 15) is 0 Å². The van der Waals surface area contributed by atoms with Crippen molar-refractivity contribution in [3.05, 3.63) is 30.1 Å².